The Kier molecular flexibility index (Phi) is 3.98. The van der Waals surface area contributed by atoms with Gasteiger partial charge in [-0.2, -0.15) is 0 Å². The van der Waals surface area contributed by atoms with Crippen LogP contribution in [0.5, 0.6) is 11.5 Å². The van der Waals surface area contributed by atoms with Gasteiger partial charge in [0.25, 0.3) is 5.56 Å². The number of aryl methyl sites for hydroxylation is 1. The zero-order chi connectivity index (χ0) is 16.6. The lowest BCUT2D eigenvalue weighted by atomic mass is 10.2. The van der Waals surface area contributed by atoms with E-state index in [1.807, 2.05) is 6.92 Å². The number of fused-ring (bicyclic) bond motifs is 1. The van der Waals surface area contributed by atoms with Crippen molar-refractivity contribution in [2.45, 2.75) is 26.4 Å². The van der Waals surface area contributed by atoms with Crippen molar-refractivity contribution in [1.29, 1.82) is 0 Å². The molecule has 0 radical (unpaired) electrons. The fourth-order valence-electron chi connectivity index (χ4n) is 2.87. The predicted molar refractivity (Wildman–Crippen MR) is 89.1 cm³/mol. The van der Waals surface area contributed by atoms with Crippen molar-refractivity contribution in [2.75, 3.05) is 20.2 Å². The Hall–Kier alpha value is -2.50. The molecule has 0 aliphatic carbocycles. The second-order valence-corrected chi connectivity index (χ2v) is 5.88. The molecule has 6 heteroatoms. The van der Waals surface area contributed by atoms with E-state index in [1.54, 1.807) is 26.2 Å². The molecular weight excluding hydrogens is 294 g/mol. The van der Waals surface area contributed by atoms with Gasteiger partial charge in [-0.25, -0.2) is 4.98 Å². The summed E-state index contributed by atoms with van der Waals surface area (Å²) in [6, 6.07) is 3.46. The molecular formula is C17H21N3O3. The van der Waals surface area contributed by atoms with Gasteiger partial charge in [-0.3, -0.25) is 4.79 Å². The molecule has 0 saturated carbocycles. The summed E-state index contributed by atoms with van der Waals surface area (Å²) in [5.41, 5.74) is 1.47. The number of rotatable bonds is 4. The number of benzene rings is 1. The minimum absolute atomic E-state index is 0.0514. The molecule has 1 aromatic carbocycles. The number of hydrogen-bond donors (Lipinski definition) is 1. The van der Waals surface area contributed by atoms with Crippen molar-refractivity contribution < 1.29 is 9.47 Å². The summed E-state index contributed by atoms with van der Waals surface area (Å²) in [5, 5.41) is 0.501. The molecule has 1 fully saturated rings. The molecule has 0 spiro atoms. The Morgan fingerprint density at radius 3 is 2.87 bits per heavy atom. The van der Waals surface area contributed by atoms with Gasteiger partial charge >= 0.3 is 0 Å². The molecule has 0 amide bonds. The first-order valence-corrected chi connectivity index (χ1v) is 7.63. The van der Waals surface area contributed by atoms with E-state index in [1.165, 1.54) is 0 Å². The largest absolute Gasteiger partial charge is 0.493 e. The normalized spacial score (nSPS) is 17.5. The summed E-state index contributed by atoms with van der Waals surface area (Å²) >= 11 is 0. The quantitative estimate of drug-likeness (QED) is 0.937. The Balaban J connectivity index is 1.94. The van der Waals surface area contributed by atoms with Crippen LogP contribution in [-0.4, -0.2) is 41.2 Å². The number of likely N-dealkylation sites (tertiary alicyclic amines) is 1. The summed E-state index contributed by atoms with van der Waals surface area (Å²) in [5.74, 6) is 1.74. The van der Waals surface area contributed by atoms with E-state index in [4.69, 9.17) is 9.47 Å². The Labute approximate surface area is 134 Å². The van der Waals surface area contributed by atoms with E-state index in [-0.39, 0.29) is 11.7 Å². The SMILES string of the molecule is C=C(C)N1CC[C@H](Oc2cc3c(=O)[nH]c(C)nc3cc2OC)C1. The fourth-order valence-corrected chi connectivity index (χ4v) is 2.87. The van der Waals surface area contributed by atoms with Crippen LogP contribution in [-0.2, 0) is 0 Å². The summed E-state index contributed by atoms with van der Waals surface area (Å²) in [6.07, 6.45) is 0.965. The van der Waals surface area contributed by atoms with Gasteiger partial charge in [-0.15, -0.1) is 0 Å². The molecule has 2 aromatic rings. The van der Waals surface area contributed by atoms with Crippen molar-refractivity contribution in [3.63, 3.8) is 0 Å². The van der Waals surface area contributed by atoms with Crippen LogP contribution in [0.3, 0.4) is 0 Å². The lowest BCUT2D eigenvalue weighted by Crippen LogP contribution is -2.23. The molecule has 6 nitrogen and oxygen atoms in total. The Morgan fingerprint density at radius 1 is 1.43 bits per heavy atom. The summed E-state index contributed by atoms with van der Waals surface area (Å²) in [6.45, 7) is 9.43. The molecule has 0 unspecified atom stereocenters. The van der Waals surface area contributed by atoms with Gasteiger partial charge in [0.15, 0.2) is 11.5 Å². The molecule has 1 aliphatic rings. The molecule has 1 aromatic heterocycles. The number of aromatic amines is 1. The highest BCUT2D eigenvalue weighted by atomic mass is 16.5. The van der Waals surface area contributed by atoms with Crippen molar-refractivity contribution in [3.8, 4) is 11.5 Å². The molecule has 23 heavy (non-hydrogen) atoms. The molecule has 1 atom stereocenters. The second-order valence-electron chi connectivity index (χ2n) is 5.88. The number of nitrogens with zero attached hydrogens (tertiary/aromatic N) is 2. The average Bonchev–Trinajstić information content (AvgIpc) is 2.96. The number of aromatic nitrogens is 2. The zero-order valence-electron chi connectivity index (χ0n) is 13.7. The molecule has 1 N–H and O–H groups in total. The third-order valence-corrected chi connectivity index (χ3v) is 4.09. The van der Waals surface area contributed by atoms with E-state index in [2.05, 4.69) is 21.4 Å². The number of methoxy groups -OCH3 is 1. The third-order valence-electron chi connectivity index (χ3n) is 4.09. The molecule has 3 rings (SSSR count). The van der Waals surface area contributed by atoms with E-state index in [0.717, 1.165) is 25.2 Å². The smallest absolute Gasteiger partial charge is 0.258 e. The van der Waals surface area contributed by atoms with Gasteiger partial charge in [0.1, 0.15) is 11.9 Å². The molecule has 0 bridgehead atoms. The van der Waals surface area contributed by atoms with Gasteiger partial charge in [-0.1, -0.05) is 6.58 Å². The van der Waals surface area contributed by atoms with E-state index in [9.17, 15) is 4.79 Å². The molecule has 1 saturated heterocycles. The van der Waals surface area contributed by atoms with Crippen LogP contribution >= 0.6 is 0 Å². The average molecular weight is 315 g/mol. The van der Waals surface area contributed by atoms with Gasteiger partial charge in [0.05, 0.1) is 24.6 Å². The van der Waals surface area contributed by atoms with Crippen molar-refractivity contribution in [2.24, 2.45) is 0 Å². The minimum atomic E-state index is -0.171. The highest BCUT2D eigenvalue weighted by molar-refractivity contribution is 5.81. The van der Waals surface area contributed by atoms with E-state index < -0.39 is 0 Å². The van der Waals surface area contributed by atoms with Crippen LogP contribution in [0.2, 0.25) is 0 Å². The number of nitrogens with one attached hydrogen (secondary N) is 1. The Bertz CT molecular complexity index is 813. The summed E-state index contributed by atoms with van der Waals surface area (Å²) < 4.78 is 11.5. The van der Waals surface area contributed by atoms with Crippen LogP contribution in [0.25, 0.3) is 10.9 Å². The fraction of sp³-hybridized carbons (Fsp3) is 0.412. The first kappa shape index (κ1) is 15.4. The number of ether oxygens (including phenoxy) is 2. The lowest BCUT2D eigenvalue weighted by molar-refractivity contribution is 0.201. The second kappa shape index (κ2) is 5.95. The van der Waals surface area contributed by atoms with Crippen LogP contribution in [0, 0.1) is 6.92 Å². The molecule has 122 valence electrons. The maximum atomic E-state index is 12.1. The van der Waals surface area contributed by atoms with Crippen LogP contribution < -0.4 is 15.0 Å². The van der Waals surface area contributed by atoms with Crippen LogP contribution in [0.4, 0.5) is 0 Å². The van der Waals surface area contributed by atoms with E-state index in [0.29, 0.717) is 28.2 Å². The van der Waals surface area contributed by atoms with E-state index >= 15 is 0 Å². The topological polar surface area (TPSA) is 67.5 Å². The van der Waals surface area contributed by atoms with Gasteiger partial charge in [-0.05, 0) is 19.9 Å². The minimum Gasteiger partial charge on any atom is -0.493 e. The van der Waals surface area contributed by atoms with Gasteiger partial charge < -0.3 is 19.4 Å². The standard InChI is InChI=1S/C17H21N3O3/c1-10(2)20-6-5-12(9-20)23-16-7-13-14(8-15(16)22-4)18-11(3)19-17(13)21/h7-8,12H,1,5-6,9H2,2-4H3,(H,18,19,21)/t12-/m0/s1. The maximum absolute atomic E-state index is 12.1. The number of allylic oxidation sites excluding steroid dienone is 1. The zero-order valence-corrected chi connectivity index (χ0v) is 13.7. The number of hydrogen-bond acceptors (Lipinski definition) is 5. The molecule has 2 heterocycles. The van der Waals surface area contributed by atoms with Gasteiger partial charge in [0.2, 0.25) is 0 Å². The highest BCUT2D eigenvalue weighted by Gasteiger charge is 2.25. The lowest BCUT2D eigenvalue weighted by Gasteiger charge is -2.19. The molecule has 1 aliphatic heterocycles. The van der Waals surface area contributed by atoms with Crippen molar-refractivity contribution in [3.05, 3.63) is 40.6 Å². The maximum Gasteiger partial charge on any atom is 0.258 e. The van der Waals surface area contributed by atoms with Crippen molar-refractivity contribution in [1.82, 2.24) is 14.9 Å². The summed E-state index contributed by atoms with van der Waals surface area (Å²) in [7, 11) is 1.59. The monoisotopic (exact) mass is 315 g/mol. The Morgan fingerprint density at radius 2 is 2.22 bits per heavy atom. The summed E-state index contributed by atoms with van der Waals surface area (Å²) in [4.78, 5) is 21.4. The highest BCUT2D eigenvalue weighted by Crippen LogP contribution is 2.32. The van der Waals surface area contributed by atoms with Crippen LogP contribution in [0.15, 0.2) is 29.2 Å². The first-order valence-electron chi connectivity index (χ1n) is 7.63. The third kappa shape index (κ3) is 3.02. The first-order chi connectivity index (χ1) is 11.0. The van der Waals surface area contributed by atoms with Crippen molar-refractivity contribution >= 4 is 10.9 Å². The van der Waals surface area contributed by atoms with Gasteiger partial charge in [0, 0.05) is 24.7 Å². The number of H-pyrrole nitrogens is 1. The van der Waals surface area contributed by atoms with Crippen LogP contribution in [0.1, 0.15) is 19.2 Å². The predicted octanol–water partition coefficient (Wildman–Crippen LogP) is 2.23.